The highest BCUT2D eigenvalue weighted by molar-refractivity contribution is 5.99. The summed E-state index contributed by atoms with van der Waals surface area (Å²) in [7, 11) is 1.76. The van der Waals surface area contributed by atoms with Crippen molar-refractivity contribution in [1.29, 1.82) is 0 Å². The van der Waals surface area contributed by atoms with Crippen molar-refractivity contribution in [2.75, 3.05) is 52.9 Å². The van der Waals surface area contributed by atoms with Crippen LogP contribution in [0.25, 0.3) is 16.6 Å². The summed E-state index contributed by atoms with van der Waals surface area (Å²) in [5.74, 6) is 0.690. The van der Waals surface area contributed by atoms with Crippen LogP contribution in [-0.4, -0.2) is 106 Å². The van der Waals surface area contributed by atoms with Gasteiger partial charge < -0.3 is 14.4 Å². The van der Waals surface area contributed by atoms with Crippen LogP contribution in [0.2, 0.25) is 0 Å². The van der Waals surface area contributed by atoms with Gasteiger partial charge in [-0.25, -0.2) is 4.39 Å². The number of nitrogens with zero attached hydrogens (tertiary/aromatic N) is 6. The molecule has 0 saturated carbocycles. The number of halogens is 1. The lowest BCUT2D eigenvalue weighted by molar-refractivity contribution is -0.130. The van der Waals surface area contributed by atoms with Gasteiger partial charge in [-0.15, -0.1) is 0 Å². The number of benzene rings is 1. The van der Waals surface area contributed by atoms with Crippen molar-refractivity contribution in [2.24, 2.45) is 11.8 Å². The average Bonchev–Trinajstić information content (AvgIpc) is 3.64. The number of hydrogen-bond acceptors (Lipinski definition) is 5. The largest absolute Gasteiger partial charge is 0.340 e. The van der Waals surface area contributed by atoms with E-state index in [-0.39, 0.29) is 17.9 Å². The number of amides is 2. The molecule has 2 aromatic heterocycles. The summed E-state index contributed by atoms with van der Waals surface area (Å²) >= 11 is 0. The molecule has 0 radical (unpaired) electrons. The Kier molecular flexibility index (Phi) is 10.8. The van der Waals surface area contributed by atoms with Crippen LogP contribution in [0.15, 0.2) is 36.8 Å². The zero-order valence-corrected chi connectivity index (χ0v) is 28.9. The minimum Gasteiger partial charge on any atom is -0.340 e. The van der Waals surface area contributed by atoms with E-state index in [0.29, 0.717) is 29.1 Å². The minimum absolute atomic E-state index is 0.00653. The molecule has 4 heterocycles. The Bertz CT molecular complexity index is 1530. The number of pyridine rings is 1. The van der Waals surface area contributed by atoms with Crippen LogP contribution in [0, 0.1) is 24.6 Å². The molecule has 8 nitrogen and oxygen atoms in total. The van der Waals surface area contributed by atoms with Gasteiger partial charge in [0.1, 0.15) is 5.82 Å². The van der Waals surface area contributed by atoms with E-state index >= 15 is 0 Å². The standard InChI is InChI=1S/C37H53FN6O2/c1-25(2)33(9-8-13-41-15-17-42(18-16-41)28(6)45)43-14-12-29(23-43)19-30-24-44(35-22-39-21-27(5)36(30)35)34-11-10-31(38)20-32(34)37(46)40(7)26(3)4/h10-11,20-22,24-26,29,33H,8-9,12-19,23H2,1-7H3/t29-,33-/m1/s1. The molecule has 2 aliphatic heterocycles. The van der Waals surface area contributed by atoms with Gasteiger partial charge in [0.15, 0.2) is 0 Å². The first kappa shape index (κ1) is 34.0. The number of carbonyl (C=O) groups excluding carboxylic acids is 2. The highest BCUT2D eigenvalue weighted by Crippen LogP contribution is 2.34. The number of aryl methyl sites for hydroxylation is 1. The van der Waals surface area contributed by atoms with E-state index < -0.39 is 5.82 Å². The van der Waals surface area contributed by atoms with E-state index in [0.717, 1.165) is 69.7 Å². The molecule has 2 fully saturated rings. The first-order valence-electron chi connectivity index (χ1n) is 17.2. The van der Waals surface area contributed by atoms with Crippen molar-refractivity contribution in [3.05, 3.63) is 59.3 Å². The predicted molar refractivity (Wildman–Crippen MR) is 183 cm³/mol. The van der Waals surface area contributed by atoms with Crippen molar-refractivity contribution >= 4 is 22.7 Å². The molecule has 0 aliphatic carbocycles. The van der Waals surface area contributed by atoms with Crippen LogP contribution < -0.4 is 0 Å². The normalized spacial score (nSPS) is 18.7. The lowest BCUT2D eigenvalue weighted by atomic mass is 9.96. The Morgan fingerprint density at radius 3 is 2.48 bits per heavy atom. The van der Waals surface area contributed by atoms with Crippen LogP contribution in [0.1, 0.15) is 75.4 Å². The van der Waals surface area contributed by atoms with Gasteiger partial charge >= 0.3 is 0 Å². The molecule has 0 unspecified atom stereocenters. The Morgan fingerprint density at radius 1 is 1.07 bits per heavy atom. The fourth-order valence-electron chi connectivity index (χ4n) is 7.50. The van der Waals surface area contributed by atoms with E-state index in [2.05, 4.69) is 41.8 Å². The van der Waals surface area contributed by atoms with Crippen molar-refractivity contribution in [1.82, 2.24) is 29.2 Å². The second-order valence-electron chi connectivity index (χ2n) is 14.2. The summed E-state index contributed by atoms with van der Waals surface area (Å²) in [6.45, 7) is 19.3. The molecule has 1 aromatic carbocycles. The number of carbonyl (C=O) groups is 2. The van der Waals surface area contributed by atoms with Crippen LogP contribution in [0.3, 0.4) is 0 Å². The first-order chi connectivity index (χ1) is 21.9. The molecule has 2 aliphatic rings. The van der Waals surface area contributed by atoms with Gasteiger partial charge in [0, 0.05) is 76.6 Å². The highest BCUT2D eigenvalue weighted by Gasteiger charge is 2.31. The van der Waals surface area contributed by atoms with Gasteiger partial charge in [-0.3, -0.25) is 24.4 Å². The summed E-state index contributed by atoms with van der Waals surface area (Å²) in [5.41, 5.74) is 4.35. The molecule has 0 N–H and O–H groups in total. The third-order valence-electron chi connectivity index (χ3n) is 10.4. The smallest absolute Gasteiger partial charge is 0.256 e. The summed E-state index contributed by atoms with van der Waals surface area (Å²) in [5, 5.41) is 1.18. The number of fused-ring (bicyclic) bond motifs is 1. The molecule has 250 valence electrons. The molecule has 9 heteroatoms. The van der Waals surface area contributed by atoms with E-state index in [1.165, 1.54) is 35.9 Å². The number of aromatic nitrogens is 2. The molecule has 0 spiro atoms. The zero-order valence-electron chi connectivity index (χ0n) is 28.9. The van der Waals surface area contributed by atoms with Gasteiger partial charge in [0.05, 0.1) is 23.0 Å². The van der Waals surface area contributed by atoms with Crippen molar-refractivity contribution in [2.45, 2.75) is 79.3 Å². The molecule has 3 aromatic rings. The molecular weight excluding hydrogens is 579 g/mol. The third-order valence-corrected chi connectivity index (χ3v) is 10.4. The SMILES string of the molecule is CC(=O)N1CCN(CCC[C@H](C(C)C)N2CC[C@H](Cc3cn(-c4ccc(F)cc4C(=O)N(C)C(C)C)c4cncc(C)c34)C2)CC1. The van der Waals surface area contributed by atoms with Crippen LogP contribution in [0.4, 0.5) is 4.39 Å². The maximum Gasteiger partial charge on any atom is 0.256 e. The van der Waals surface area contributed by atoms with Gasteiger partial charge in [0.2, 0.25) is 5.91 Å². The first-order valence-corrected chi connectivity index (χ1v) is 17.2. The second kappa shape index (κ2) is 14.6. The van der Waals surface area contributed by atoms with Crippen molar-refractivity contribution in [3.63, 3.8) is 0 Å². The Morgan fingerprint density at radius 2 is 1.80 bits per heavy atom. The van der Waals surface area contributed by atoms with Crippen molar-refractivity contribution in [3.8, 4) is 5.69 Å². The minimum atomic E-state index is -0.420. The quantitative estimate of drug-likeness (QED) is 0.268. The Hall–Kier alpha value is -3.30. The third kappa shape index (κ3) is 7.46. The van der Waals surface area contributed by atoms with Crippen LogP contribution in [0.5, 0.6) is 0 Å². The van der Waals surface area contributed by atoms with Crippen LogP contribution in [-0.2, 0) is 11.2 Å². The molecule has 46 heavy (non-hydrogen) atoms. The monoisotopic (exact) mass is 632 g/mol. The van der Waals surface area contributed by atoms with Gasteiger partial charge in [-0.1, -0.05) is 13.8 Å². The summed E-state index contributed by atoms with van der Waals surface area (Å²) in [6.07, 6.45) is 10.4. The van der Waals surface area contributed by atoms with E-state index in [4.69, 9.17) is 0 Å². The number of hydrogen-bond donors (Lipinski definition) is 0. The number of rotatable bonds is 11. The summed E-state index contributed by atoms with van der Waals surface area (Å²) < 4.78 is 16.5. The fraction of sp³-hybridized carbons (Fsp3) is 0.595. The molecule has 2 amide bonds. The van der Waals surface area contributed by atoms with Gasteiger partial charge in [-0.05, 0) is 101 Å². The maximum atomic E-state index is 14.5. The lowest BCUT2D eigenvalue weighted by Crippen LogP contribution is -2.48. The topological polar surface area (TPSA) is 64.9 Å². The number of piperazine rings is 1. The highest BCUT2D eigenvalue weighted by atomic mass is 19.1. The van der Waals surface area contributed by atoms with Crippen LogP contribution >= 0.6 is 0 Å². The fourth-order valence-corrected chi connectivity index (χ4v) is 7.50. The average molecular weight is 633 g/mol. The molecule has 2 saturated heterocycles. The summed E-state index contributed by atoms with van der Waals surface area (Å²) in [4.78, 5) is 38.5. The van der Waals surface area contributed by atoms with E-state index in [9.17, 15) is 14.0 Å². The Balaban J connectivity index is 1.30. The van der Waals surface area contributed by atoms with Crippen molar-refractivity contribution < 1.29 is 14.0 Å². The maximum absolute atomic E-state index is 14.5. The van der Waals surface area contributed by atoms with Gasteiger partial charge in [0.25, 0.3) is 5.91 Å². The molecular formula is C37H53FN6O2. The van der Waals surface area contributed by atoms with E-state index in [1.807, 2.05) is 35.7 Å². The van der Waals surface area contributed by atoms with Gasteiger partial charge in [-0.2, -0.15) is 0 Å². The second-order valence-corrected chi connectivity index (χ2v) is 14.2. The summed E-state index contributed by atoms with van der Waals surface area (Å²) in [6, 6.07) is 5.06. The molecule has 0 bridgehead atoms. The lowest BCUT2D eigenvalue weighted by Gasteiger charge is -2.35. The molecule has 2 atom stereocenters. The zero-order chi connectivity index (χ0) is 33.1. The predicted octanol–water partition coefficient (Wildman–Crippen LogP) is 5.79. The number of likely N-dealkylation sites (tertiary alicyclic amines) is 1. The molecule has 5 rings (SSSR count). The van der Waals surface area contributed by atoms with E-state index in [1.54, 1.807) is 24.9 Å². The Labute approximate surface area is 274 Å².